The molecule has 6 nitrogen and oxygen atoms in total. The minimum absolute atomic E-state index is 0.00605. The molecule has 1 aliphatic heterocycles. The van der Waals surface area contributed by atoms with Crippen LogP contribution >= 0.6 is 0 Å². The van der Waals surface area contributed by atoms with Gasteiger partial charge in [-0.3, -0.25) is 9.59 Å². The maximum atomic E-state index is 12.3. The highest BCUT2D eigenvalue weighted by molar-refractivity contribution is 5.97. The monoisotopic (exact) mass is 368 g/mol. The number of carbonyl (C=O) groups is 2. The number of nitrogens with one attached hydrogen (secondary N) is 1. The van der Waals surface area contributed by atoms with Crippen LogP contribution in [0.1, 0.15) is 18.9 Å². The highest BCUT2D eigenvalue weighted by Gasteiger charge is 2.31. The number of hydrogen-bond acceptors (Lipinski definition) is 4. The van der Waals surface area contributed by atoms with Gasteiger partial charge in [-0.2, -0.15) is 0 Å². The van der Waals surface area contributed by atoms with E-state index in [1.54, 1.807) is 12.0 Å². The Bertz CT molecular complexity index is 787. The van der Waals surface area contributed by atoms with E-state index in [0.29, 0.717) is 19.6 Å². The number of hydrogen-bond donors (Lipinski definition) is 1. The van der Waals surface area contributed by atoms with Gasteiger partial charge in [0, 0.05) is 18.7 Å². The molecule has 142 valence electrons. The van der Waals surface area contributed by atoms with Gasteiger partial charge in [0.05, 0.1) is 26.2 Å². The van der Waals surface area contributed by atoms with Gasteiger partial charge in [-0.15, -0.1) is 0 Å². The normalized spacial score (nSPS) is 16.3. The highest BCUT2D eigenvalue weighted by atomic mass is 16.5. The Kier molecular flexibility index (Phi) is 5.96. The number of anilines is 1. The molecule has 0 saturated carbocycles. The maximum Gasteiger partial charge on any atom is 0.229 e. The second kappa shape index (κ2) is 8.58. The lowest BCUT2D eigenvalue weighted by molar-refractivity contribution is -0.121. The molecule has 2 aromatic rings. The molecule has 1 saturated heterocycles. The van der Waals surface area contributed by atoms with Gasteiger partial charge in [0.2, 0.25) is 11.8 Å². The van der Waals surface area contributed by atoms with Crippen molar-refractivity contribution in [1.82, 2.24) is 5.32 Å². The van der Waals surface area contributed by atoms with Gasteiger partial charge in [-0.1, -0.05) is 12.1 Å². The van der Waals surface area contributed by atoms with Crippen molar-refractivity contribution in [1.29, 1.82) is 0 Å². The third kappa shape index (κ3) is 4.78. The molecule has 2 aromatic carbocycles. The molecular weight excluding hydrogens is 344 g/mol. The first-order valence-electron chi connectivity index (χ1n) is 9.04. The van der Waals surface area contributed by atoms with Crippen LogP contribution in [0.3, 0.4) is 0 Å². The second-order valence-corrected chi connectivity index (χ2v) is 6.42. The molecule has 3 rings (SSSR count). The van der Waals surface area contributed by atoms with Crippen molar-refractivity contribution in [3.8, 4) is 11.5 Å². The molecule has 1 atom stereocenters. The fourth-order valence-electron chi connectivity index (χ4n) is 3.15. The SMILES string of the molecule is CCOc1ccc(CC(=O)N[C@@H]2CC(=O)N(c3ccc(OC)cc3)C2)cc1. The van der Waals surface area contributed by atoms with Crippen LogP contribution < -0.4 is 19.7 Å². The fourth-order valence-corrected chi connectivity index (χ4v) is 3.15. The Morgan fingerprint density at radius 2 is 1.78 bits per heavy atom. The zero-order chi connectivity index (χ0) is 19.2. The second-order valence-electron chi connectivity index (χ2n) is 6.42. The minimum atomic E-state index is -0.185. The zero-order valence-electron chi connectivity index (χ0n) is 15.6. The summed E-state index contributed by atoms with van der Waals surface area (Å²) in [5, 5.41) is 2.96. The van der Waals surface area contributed by atoms with Crippen molar-refractivity contribution in [2.45, 2.75) is 25.8 Å². The van der Waals surface area contributed by atoms with Crippen molar-refractivity contribution in [2.24, 2.45) is 0 Å². The summed E-state index contributed by atoms with van der Waals surface area (Å²) in [6, 6.07) is 14.6. The van der Waals surface area contributed by atoms with Crippen molar-refractivity contribution in [2.75, 3.05) is 25.2 Å². The summed E-state index contributed by atoms with van der Waals surface area (Å²) in [6.07, 6.45) is 0.584. The smallest absolute Gasteiger partial charge is 0.229 e. The number of carbonyl (C=O) groups excluding carboxylic acids is 2. The lowest BCUT2D eigenvalue weighted by Gasteiger charge is -2.17. The Morgan fingerprint density at radius 1 is 1.11 bits per heavy atom. The van der Waals surface area contributed by atoms with E-state index < -0.39 is 0 Å². The van der Waals surface area contributed by atoms with E-state index in [0.717, 1.165) is 22.7 Å². The molecule has 0 spiro atoms. The molecule has 1 aliphatic rings. The van der Waals surface area contributed by atoms with Crippen LogP contribution in [0.15, 0.2) is 48.5 Å². The largest absolute Gasteiger partial charge is 0.497 e. The Labute approximate surface area is 159 Å². The van der Waals surface area contributed by atoms with E-state index in [1.165, 1.54) is 0 Å². The Hall–Kier alpha value is -3.02. The molecule has 0 aromatic heterocycles. The molecule has 1 heterocycles. The van der Waals surface area contributed by atoms with Gasteiger partial charge in [-0.25, -0.2) is 0 Å². The van der Waals surface area contributed by atoms with Gasteiger partial charge in [0.1, 0.15) is 11.5 Å². The Balaban J connectivity index is 1.54. The molecule has 6 heteroatoms. The predicted molar refractivity (Wildman–Crippen MR) is 103 cm³/mol. The summed E-state index contributed by atoms with van der Waals surface area (Å²) in [6.45, 7) is 3.01. The van der Waals surface area contributed by atoms with E-state index in [2.05, 4.69) is 5.32 Å². The summed E-state index contributed by atoms with van der Waals surface area (Å²) in [5.74, 6) is 1.45. The van der Waals surface area contributed by atoms with Crippen molar-refractivity contribution < 1.29 is 19.1 Å². The standard InChI is InChI=1S/C21H24N2O4/c1-3-27-19-8-4-15(5-9-19)12-20(24)22-16-13-21(25)23(14-16)17-6-10-18(26-2)11-7-17/h4-11,16H,3,12-14H2,1-2H3,(H,22,24)/t16-/m1/s1. The van der Waals surface area contributed by atoms with Crippen LogP contribution in [-0.4, -0.2) is 38.1 Å². The van der Waals surface area contributed by atoms with E-state index in [9.17, 15) is 9.59 Å². The van der Waals surface area contributed by atoms with E-state index >= 15 is 0 Å². The third-order valence-corrected chi connectivity index (χ3v) is 4.47. The van der Waals surface area contributed by atoms with E-state index in [4.69, 9.17) is 9.47 Å². The van der Waals surface area contributed by atoms with Crippen LogP contribution in [0, 0.1) is 0 Å². The molecule has 27 heavy (non-hydrogen) atoms. The quantitative estimate of drug-likeness (QED) is 0.816. The van der Waals surface area contributed by atoms with Crippen LogP contribution in [-0.2, 0) is 16.0 Å². The average molecular weight is 368 g/mol. The topological polar surface area (TPSA) is 67.9 Å². The first-order chi connectivity index (χ1) is 13.1. The zero-order valence-corrected chi connectivity index (χ0v) is 15.6. The van der Waals surface area contributed by atoms with Gasteiger partial charge < -0.3 is 19.7 Å². The number of benzene rings is 2. The number of rotatable bonds is 7. The predicted octanol–water partition coefficient (Wildman–Crippen LogP) is 2.56. The van der Waals surface area contributed by atoms with E-state index in [-0.39, 0.29) is 24.3 Å². The summed E-state index contributed by atoms with van der Waals surface area (Å²) < 4.78 is 10.5. The van der Waals surface area contributed by atoms with Gasteiger partial charge in [0.15, 0.2) is 0 Å². The summed E-state index contributed by atoms with van der Waals surface area (Å²) in [7, 11) is 1.60. The number of amides is 2. The maximum absolute atomic E-state index is 12.3. The first kappa shape index (κ1) is 18.8. The lowest BCUT2D eigenvalue weighted by atomic mass is 10.1. The van der Waals surface area contributed by atoms with Gasteiger partial charge in [-0.05, 0) is 48.9 Å². The molecule has 1 fully saturated rings. The molecule has 2 amide bonds. The van der Waals surface area contributed by atoms with Gasteiger partial charge >= 0.3 is 0 Å². The van der Waals surface area contributed by atoms with Crippen molar-refractivity contribution >= 4 is 17.5 Å². The summed E-state index contributed by atoms with van der Waals surface area (Å²) in [5.41, 5.74) is 1.72. The fraction of sp³-hybridized carbons (Fsp3) is 0.333. The summed E-state index contributed by atoms with van der Waals surface area (Å²) >= 11 is 0. The molecular formula is C21H24N2O4. The van der Waals surface area contributed by atoms with Crippen LogP contribution in [0.5, 0.6) is 11.5 Å². The molecule has 0 unspecified atom stereocenters. The van der Waals surface area contributed by atoms with Crippen LogP contribution in [0.4, 0.5) is 5.69 Å². The average Bonchev–Trinajstić information content (AvgIpc) is 3.03. The lowest BCUT2D eigenvalue weighted by Crippen LogP contribution is -2.38. The first-order valence-corrected chi connectivity index (χ1v) is 9.04. The van der Waals surface area contributed by atoms with Gasteiger partial charge in [0.25, 0.3) is 0 Å². The minimum Gasteiger partial charge on any atom is -0.497 e. The number of nitrogens with zero attached hydrogens (tertiary/aromatic N) is 1. The Morgan fingerprint density at radius 3 is 2.41 bits per heavy atom. The van der Waals surface area contributed by atoms with Crippen LogP contribution in [0.25, 0.3) is 0 Å². The van der Waals surface area contributed by atoms with Crippen molar-refractivity contribution in [3.63, 3.8) is 0 Å². The van der Waals surface area contributed by atoms with Crippen molar-refractivity contribution in [3.05, 3.63) is 54.1 Å². The third-order valence-electron chi connectivity index (χ3n) is 4.47. The molecule has 0 aliphatic carbocycles. The molecule has 0 radical (unpaired) electrons. The number of ether oxygens (including phenoxy) is 2. The molecule has 0 bridgehead atoms. The molecule has 1 N–H and O–H groups in total. The van der Waals surface area contributed by atoms with E-state index in [1.807, 2.05) is 55.5 Å². The highest BCUT2D eigenvalue weighted by Crippen LogP contribution is 2.24. The number of methoxy groups -OCH3 is 1. The summed E-state index contributed by atoms with van der Waals surface area (Å²) in [4.78, 5) is 26.3. The van der Waals surface area contributed by atoms with Crippen LogP contribution in [0.2, 0.25) is 0 Å².